The minimum absolute atomic E-state index is 0.0636. The van der Waals surface area contributed by atoms with E-state index < -0.39 is 0 Å². The summed E-state index contributed by atoms with van der Waals surface area (Å²) in [6.07, 6.45) is 0.790. The third-order valence-electron chi connectivity index (χ3n) is 6.88. The smallest absolute Gasteiger partial charge is 0.252 e. The van der Waals surface area contributed by atoms with Crippen LogP contribution in [0.3, 0.4) is 0 Å². The molecule has 0 amide bonds. The molecule has 0 aliphatic heterocycles. The summed E-state index contributed by atoms with van der Waals surface area (Å²) >= 11 is 1.71. The Bertz CT molecular complexity index is 1570. The van der Waals surface area contributed by atoms with Crippen molar-refractivity contribution in [2.24, 2.45) is 0 Å². The van der Waals surface area contributed by atoms with E-state index in [1.54, 1.807) is 18.4 Å². The van der Waals surface area contributed by atoms with Crippen molar-refractivity contribution in [3.8, 4) is 5.75 Å². The lowest BCUT2D eigenvalue weighted by Crippen LogP contribution is -2.32. The molecule has 5 aromatic rings. The van der Waals surface area contributed by atoms with Crippen LogP contribution in [-0.4, -0.2) is 37.2 Å². The highest BCUT2D eigenvalue weighted by molar-refractivity contribution is 7.09. The Balaban J connectivity index is 1.50. The van der Waals surface area contributed by atoms with Crippen molar-refractivity contribution in [2.75, 3.05) is 7.11 Å². The van der Waals surface area contributed by atoms with Gasteiger partial charge in [-0.05, 0) is 83.1 Å². The molecular weight excluding hydrogens is 496 g/mol. The van der Waals surface area contributed by atoms with Crippen molar-refractivity contribution in [3.63, 3.8) is 0 Å². The van der Waals surface area contributed by atoms with Crippen LogP contribution in [0.25, 0.3) is 10.9 Å². The highest BCUT2D eigenvalue weighted by Gasteiger charge is 2.26. The zero-order chi connectivity index (χ0) is 26.6. The van der Waals surface area contributed by atoms with Crippen LogP contribution in [0.4, 0.5) is 0 Å². The summed E-state index contributed by atoms with van der Waals surface area (Å²) in [5.41, 5.74) is 4.90. The second kappa shape index (κ2) is 11.3. The number of methoxy groups -OCH3 is 1. The van der Waals surface area contributed by atoms with E-state index in [1.807, 2.05) is 48.0 Å². The first kappa shape index (κ1) is 25.8. The van der Waals surface area contributed by atoms with E-state index in [-0.39, 0.29) is 11.6 Å². The van der Waals surface area contributed by atoms with Crippen LogP contribution >= 0.6 is 11.3 Å². The molecule has 1 N–H and O–H groups in total. The largest absolute Gasteiger partial charge is 0.497 e. The van der Waals surface area contributed by atoms with Crippen LogP contribution in [0.5, 0.6) is 5.75 Å². The van der Waals surface area contributed by atoms with Crippen LogP contribution in [-0.2, 0) is 19.6 Å². The van der Waals surface area contributed by atoms with Crippen LogP contribution < -0.4 is 10.3 Å². The number of hydrogen-bond donors (Lipinski definition) is 1. The van der Waals surface area contributed by atoms with Gasteiger partial charge in [0, 0.05) is 34.4 Å². The first-order chi connectivity index (χ1) is 18.4. The van der Waals surface area contributed by atoms with Gasteiger partial charge in [0.15, 0.2) is 5.82 Å². The molecule has 3 heterocycles. The summed E-state index contributed by atoms with van der Waals surface area (Å²) in [6, 6.07) is 18.2. The molecule has 0 aliphatic rings. The van der Waals surface area contributed by atoms with Crippen molar-refractivity contribution in [1.82, 2.24) is 30.1 Å². The lowest BCUT2D eigenvalue weighted by Gasteiger charge is -2.30. The summed E-state index contributed by atoms with van der Waals surface area (Å²) in [7, 11) is 1.66. The van der Waals surface area contributed by atoms with E-state index in [4.69, 9.17) is 4.74 Å². The molecule has 1 unspecified atom stereocenters. The number of tetrazole rings is 1. The van der Waals surface area contributed by atoms with Crippen molar-refractivity contribution in [2.45, 2.75) is 52.9 Å². The summed E-state index contributed by atoms with van der Waals surface area (Å²) in [4.78, 5) is 19.9. The van der Waals surface area contributed by atoms with E-state index in [1.165, 1.54) is 4.88 Å². The van der Waals surface area contributed by atoms with Gasteiger partial charge in [-0.2, -0.15) is 0 Å². The van der Waals surface area contributed by atoms with Crippen LogP contribution in [0.2, 0.25) is 0 Å². The van der Waals surface area contributed by atoms with Gasteiger partial charge in [0.25, 0.3) is 5.56 Å². The van der Waals surface area contributed by atoms with Gasteiger partial charge in [-0.3, -0.25) is 9.69 Å². The number of rotatable bonds is 10. The Labute approximate surface area is 225 Å². The summed E-state index contributed by atoms with van der Waals surface area (Å²) < 4.78 is 7.15. The number of ether oxygens (including phenoxy) is 1. The maximum atomic E-state index is 13.2. The van der Waals surface area contributed by atoms with E-state index in [0.29, 0.717) is 19.6 Å². The summed E-state index contributed by atoms with van der Waals surface area (Å²) in [5.74, 6) is 1.59. The maximum Gasteiger partial charge on any atom is 0.252 e. The first-order valence-corrected chi connectivity index (χ1v) is 13.6. The number of hydrogen-bond acceptors (Lipinski definition) is 7. The minimum atomic E-state index is -0.0837. The standard InChI is InChI=1S/C29H32N6O2S/c1-5-27(28-31-32-33-35(28)16-21-8-10-23(37-4)11-9-21)34(18-24-7-6-12-38-24)17-22-15-25-20(3)13-19(2)14-26(25)30-29(22)36/h6-15,27H,5,16-18H2,1-4H3,(H,30,36). The van der Waals surface area contributed by atoms with Gasteiger partial charge in [-0.15, -0.1) is 16.4 Å². The average molecular weight is 529 g/mol. The lowest BCUT2D eigenvalue weighted by atomic mass is 10.0. The predicted molar refractivity (Wildman–Crippen MR) is 151 cm³/mol. The molecule has 0 bridgehead atoms. The number of fused-ring (bicyclic) bond motifs is 1. The fourth-order valence-electron chi connectivity index (χ4n) is 5.00. The number of pyridine rings is 1. The Morgan fingerprint density at radius 2 is 1.92 bits per heavy atom. The zero-order valence-electron chi connectivity index (χ0n) is 22.1. The van der Waals surface area contributed by atoms with E-state index >= 15 is 0 Å². The van der Waals surface area contributed by atoms with Gasteiger partial charge < -0.3 is 9.72 Å². The van der Waals surface area contributed by atoms with Crippen LogP contribution in [0, 0.1) is 13.8 Å². The zero-order valence-corrected chi connectivity index (χ0v) is 23.0. The molecule has 0 saturated heterocycles. The highest BCUT2D eigenvalue weighted by Crippen LogP contribution is 2.28. The van der Waals surface area contributed by atoms with Crippen molar-refractivity contribution in [3.05, 3.63) is 103 Å². The molecule has 0 radical (unpaired) electrons. The van der Waals surface area contributed by atoms with Crippen molar-refractivity contribution >= 4 is 22.2 Å². The van der Waals surface area contributed by atoms with Crippen molar-refractivity contribution < 1.29 is 4.74 Å². The van der Waals surface area contributed by atoms with Crippen LogP contribution in [0.15, 0.2) is 64.8 Å². The monoisotopic (exact) mass is 528 g/mol. The number of aromatic nitrogens is 5. The van der Waals surface area contributed by atoms with Crippen LogP contribution in [0.1, 0.15) is 52.3 Å². The maximum absolute atomic E-state index is 13.2. The third kappa shape index (κ3) is 5.54. The molecule has 1 atom stereocenters. The number of nitrogens with zero attached hydrogens (tertiary/aromatic N) is 5. The number of H-pyrrole nitrogens is 1. The van der Waals surface area contributed by atoms with E-state index in [2.05, 4.69) is 62.8 Å². The van der Waals surface area contributed by atoms with Gasteiger partial charge in [-0.1, -0.05) is 31.2 Å². The summed E-state index contributed by atoms with van der Waals surface area (Å²) in [5, 5.41) is 16.0. The van der Waals surface area contributed by atoms with E-state index in [9.17, 15) is 4.79 Å². The van der Waals surface area contributed by atoms with E-state index in [0.717, 1.165) is 51.2 Å². The lowest BCUT2D eigenvalue weighted by molar-refractivity contribution is 0.163. The number of aromatic amines is 1. The molecule has 2 aromatic carbocycles. The molecule has 0 fully saturated rings. The molecular formula is C29H32N6O2S. The molecule has 38 heavy (non-hydrogen) atoms. The SMILES string of the molecule is CCC(c1nnnn1Cc1ccc(OC)cc1)N(Cc1cccs1)Cc1cc2c(C)cc(C)cc2[nH]c1=O. The molecule has 9 heteroatoms. The topological polar surface area (TPSA) is 88.9 Å². The van der Waals surface area contributed by atoms with Gasteiger partial charge in [0.1, 0.15) is 5.75 Å². The predicted octanol–water partition coefficient (Wildman–Crippen LogP) is 5.40. The van der Waals surface area contributed by atoms with Gasteiger partial charge in [-0.25, -0.2) is 4.68 Å². The van der Waals surface area contributed by atoms with Crippen molar-refractivity contribution in [1.29, 1.82) is 0 Å². The third-order valence-corrected chi connectivity index (χ3v) is 7.74. The molecule has 0 spiro atoms. The molecule has 196 valence electrons. The molecule has 3 aromatic heterocycles. The Hall–Kier alpha value is -3.82. The number of benzene rings is 2. The highest BCUT2D eigenvalue weighted by atomic mass is 32.1. The van der Waals surface area contributed by atoms with Gasteiger partial charge in [0.2, 0.25) is 0 Å². The number of aryl methyl sites for hydroxylation is 2. The Morgan fingerprint density at radius 1 is 1.11 bits per heavy atom. The normalized spacial score (nSPS) is 12.3. The Morgan fingerprint density at radius 3 is 2.63 bits per heavy atom. The average Bonchev–Trinajstić information content (AvgIpc) is 3.58. The molecule has 5 rings (SSSR count). The number of nitrogens with one attached hydrogen (secondary N) is 1. The second-order valence-electron chi connectivity index (χ2n) is 9.62. The fourth-order valence-corrected chi connectivity index (χ4v) is 5.73. The Kier molecular flexibility index (Phi) is 7.67. The molecule has 8 nitrogen and oxygen atoms in total. The second-order valence-corrected chi connectivity index (χ2v) is 10.7. The minimum Gasteiger partial charge on any atom is -0.497 e. The van der Waals surface area contributed by atoms with Gasteiger partial charge in [0.05, 0.1) is 19.7 Å². The fraction of sp³-hybridized carbons (Fsp3) is 0.310. The molecule has 0 aliphatic carbocycles. The first-order valence-electron chi connectivity index (χ1n) is 12.7. The number of thiophene rings is 1. The molecule has 0 saturated carbocycles. The van der Waals surface area contributed by atoms with Gasteiger partial charge >= 0.3 is 0 Å². The quantitative estimate of drug-likeness (QED) is 0.261. The summed E-state index contributed by atoms with van der Waals surface area (Å²) in [6.45, 7) is 7.98.